The van der Waals surface area contributed by atoms with Crippen LogP contribution < -0.4 is 5.32 Å². The molecule has 3 aromatic carbocycles. The van der Waals surface area contributed by atoms with Crippen molar-refractivity contribution in [1.82, 2.24) is 4.31 Å². The number of aryl methyl sites for hydroxylation is 1. The number of sulfonamides is 1. The maximum Gasteiger partial charge on any atom is 0.243 e. The Kier molecular flexibility index (Phi) is 5.33. The summed E-state index contributed by atoms with van der Waals surface area (Å²) >= 11 is 0. The first-order valence-electron chi connectivity index (χ1n) is 10.6. The van der Waals surface area contributed by atoms with Gasteiger partial charge in [-0.05, 0) is 46.9 Å². The molecule has 1 amide bonds. The van der Waals surface area contributed by atoms with Crippen molar-refractivity contribution < 1.29 is 17.9 Å². The van der Waals surface area contributed by atoms with Gasteiger partial charge < -0.3 is 10.1 Å². The van der Waals surface area contributed by atoms with Crippen molar-refractivity contribution in [2.45, 2.75) is 17.7 Å². The molecule has 2 aliphatic rings. The highest BCUT2D eigenvalue weighted by Gasteiger charge is 2.34. The van der Waals surface area contributed by atoms with E-state index in [1.165, 1.54) is 4.31 Å². The number of nitrogens with one attached hydrogen (secondary N) is 1. The zero-order valence-corrected chi connectivity index (χ0v) is 18.6. The Balaban J connectivity index is 1.47. The molecule has 0 radical (unpaired) electrons. The molecule has 1 heterocycles. The van der Waals surface area contributed by atoms with E-state index in [0.29, 0.717) is 37.6 Å². The van der Waals surface area contributed by atoms with Gasteiger partial charge in [0.25, 0.3) is 0 Å². The maximum absolute atomic E-state index is 13.4. The third-order valence-electron chi connectivity index (χ3n) is 6.14. The molecular formula is C25H24N2O4S. The number of ether oxygens (including phenoxy) is 1. The number of amides is 1. The van der Waals surface area contributed by atoms with Gasteiger partial charge in [-0.1, -0.05) is 54.6 Å². The lowest BCUT2D eigenvalue weighted by Crippen LogP contribution is -2.40. The fourth-order valence-corrected chi connectivity index (χ4v) is 6.19. The minimum atomic E-state index is -3.67. The summed E-state index contributed by atoms with van der Waals surface area (Å²) in [6.45, 7) is 3.19. The van der Waals surface area contributed by atoms with Crippen LogP contribution in [-0.2, 0) is 19.6 Å². The SMILES string of the molecule is Cc1ccc(NC(=O)C2c3ccccc3-c3ccccc32)cc1S(=O)(=O)N1CCOCC1. The summed E-state index contributed by atoms with van der Waals surface area (Å²) in [4.78, 5) is 13.6. The summed E-state index contributed by atoms with van der Waals surface area (Å²) in [5.74, 6) is -0.621. The molecule has 0 spiro atoms. The molecule has 0 saturated carbocycles. The lowest BCUT2D eigenvalue weighted by atomic mass is 9.96. The summed E-state index contributed by atoms with van der Waals surface area (Å²) in [7, 11) is -3.67. The topological polar surface area (TPSA) is 75.7 Å². The number of rotatable bonds is 4. The molecular weight excluding hydrogens is 424 g/mol. The molecule has 1 fully saturated rings. The van der Waals surface area contributed by atoms with Crippen molar-refractivity contribution in [3.63, 3.8) is 0 Å². The fourth-order valence-electron chi connectivity index (χ4n) is 4.53. The van der Waals surface area contributed by atoms with Gasteiger partial charge in [0.15, 0.2) is 0 Å². The van der Waals surface area contributed by atoms with Gasteiger partial charge in [0, 0.05) is 18.8 Å². The van der Waals surface area contributed by atoms with Crippen LogP contribution in [0.25, 0.3) is 11.1 Å². The largest absolute Gasteiger partial charge is 0.379 e. The highest BCUT2D eigenvalue weighted by molar-refractivity contribution is 7.89. The Hall–Kier alpha value is -3.00. The Morgan fingerprint density at radius 1 is 0.938 bits per heavy atom. The van der Waals surface area contributed by atoms with Crippen molar-refractivity contribution >= 4 is 21.6 Å². The highest BCUT2D eigenvalue weighted by Crippen LogP contribution is 2.45. The van der Waals surface area contributed by atoms with Crippen molar-refractivity contribution in [2.75, 3.05) is 31.6 Å². The first kappa shape index (κ1) is 20.9. The number of hydrogen-bond donors (Lipinski definition) is 1. The van der Waals surface area contributed by atoms with E-state index in [9.17, 15) is 13.2 Å². The lowest BCUT2D eigenvalue weighted by molar-refractivity contribution is -0.116. The Labute approximate surface area is 187 Å². The minimum Gasteiger partial charge on any atom is -0.379 e. The van der Waals surface area contributed by atoms with Crippen LogP contribution in [-0.4, -0.2) is 44.9 Å². The maximum atomic E-state index is 13.4. The molecule has 3 aromatic rings. The van der Waals surface area contributed by atoms with E-state index in [-0.39, 0.29) is 10.8 Å². The van der Waals surface area contributed by atoms with Gasteiger partial charge in [0.05, 0.1) is 24.0 Å². The standard InChI is InChI=1S/C25H24N2O4S/c1-17-10-11-18(16-23(17)32(29,30)27-12-14-31-15-13-27)26-25(28)24-21-8-4-2-6-19(21)20-7-3-5-9-22(20)24/h2-11,16,24H,12-15H2,1H3,(H,26,28). The first-order chi connectivity index (χ1) is 15.5. The molecule has 1 aliphatic heterocycles. The summed E-state index contributed by atoms with van der Waals surface area (Å²) in [5, 5.41) is 2.96. The van der Waals surface area contributed by atoms with Gasteiger partial charge >= 0.3 is 0 Å². The molecule has 0 aromatic heterocycles. The van der Waals surface area contributed by atoms with Crippen LogP contribution >= 0.6 is 0 Å². The third-order valence-corrected chi connectivity index (χ3v) is 8.18. The second-order valence-electron chi connectivity index (χ2n) is 8.09. The van der Waals surface area contributed by atoms with Gasteiger partial charge in [-0.3, -0.25) is 4.79 Å². The monoisotopic (exact) mass is 448 g/mol. The zero-order valence-electron chi connectivity index (χ0n) is 17.7. The molecule has 0 atom stereocenters. The van der Waals surface area contributed by atoms with Crippen molar-refractivity contribution in [3.8, 4) is 11.1 Å². The van der Waals surface area contributed by atoms with E-state index < -0.39 is 15.9 Å². The van der Waals surface area contributed by atoms with E-state index >= 15 is 0 Å². The summed E-state index contributed by atoms with van der Waals surface area (Å²) in [5.41, 5.74) is 5.14. The number of fused-ring (bicyclic) bond motifs is 3. The zero-order chi connectivity index (χ0) is 22.3. The number of anilines is 1. The van der Waals surface area contributed by atoms with Crippen molar-refractivity contribution in [3.05, 3.63) is 83.4 Å². The first-order valence-corrected chi connectivity index (χ1v) is 12.1. The Morgan fingerprint density at radius 2 is 1.53 bits per heavy atom. The van der Waals surface area contributed by atoms with Crippen LogP contribution in [0.1, 0.15) is 22.6 Å². The highest BCUT2D eigenvalue weighted by atomic mass is 32.2. The van der Waals surface area contributed by atoms with Crippen molar-refractivity contribution in [2.24, 2.45) is 0 Å². The third kappa shape index (κ3) is 3.52. The molecule has 0 bridgehead atoms. The fraction of sp³-hybridized carbons (Fsp3) is 0.240. The quantitative estimate of drug-likeness (QED) is 0.659. The van der Waals surface area contributed by atoms with Crippen LogP contribution in [0.5, 0.6) is 0 Å². The number of hydrogen-bond acceptors (Lipinski definition) is 4. The van der Waals surface area contributed by atoms with Crippen LogP contribution in [0, 0.1) is 6.92 Å². The Morgan fingerprint density at radius 3 is 2.16 bits per heavy atom. The minimum absolute atomic E-state index is 0.180. The summed E-state index contributed by atoms with van der Waals surface area (Å²) < 4.78 is 33.1. The molecule has 5 rings (SSSR count). The smallest absolute Gasteiger partial charge is 0.243 e. The molecule has 32 heavy (non-hydrogen) atoms. The van der Waals surface area contributed by atoms with Crippen LogP contribution in [0.15, 0.2) is 71.6 Å². The van der Waals surface area contributed by atoms with E-state index in [2.05, 4.69) is 5.32 Å². The van der Waals surface area contributed by atoms with Gasteiger partial charge in [-0.2, -0.15) is 4.31 Å². The molecule has 164 valence electrons. The summed E-state index contributed by atoms with van der Waals surface area (Å²) in [6, 6.07) is 20.9. The number of carbonyl (C=O) groups is 1. The molecule has 6 nitrogen and oxygen atoms in total. The molecule has 1 saturated heterocycles. The van der Waals surface area contributed by atoms with Gasteiger partial charge in [0.2, 0.25) is 15.9 Å². The average Bonchev–Trinajstić information content (AvgIpc) is 3.15. The number of nitrogens with zero attached hydrogens (tertiary/aromatic N) is 1. The van der Waals surface area contributed by atoms with Crippen LogP contribution in [0.2, 0.25) is 0 Å². The Bertz CT molecular complexity index is 1250. The second kappa shape index (κ2) is 8.16. The van der Waals surface area contributed by atoms with E-state index in [0.717, 1.165) is 22.3 Å². The second-order valence-corrected chi connectivity index (χ2v) is 10.00. The number of benzene rings is 3. The lowest BCUT2D eigenvalue weighted by Gasteiger charge is -2.27. The van der Waals surface area contributed by atoms with Gasteiger partial charge in [0.1, 0.15) is 0 Å². The predicted octanol–water partition coefficient (Wildman–Crippen LogP) is 3.77. The summed E-state index contributed by atoms with van der Waals surface area (Å²) in [6.07, 6.45) is 0. The normalized spacial score (nSPS) is 16.4. The van der Waals surface area contributed by atoms with Crippen molar-refractivity contribution in [1.29, 1.82) is 0 Å². The number of morpholine rings is 1. The predicted molar refractivity (Wildman–Crippen MR) is 123 cm³/mol. The molecule has 0 unspecified atom stereocenters. The molecule has 1 aliphatic carbocycles. The van der Waals surface area contributed by atoms with Crippen LogP contribution in [0.4, 0.5) is 5.69 Å². The van der Waals surface area contributed by atoms with E-state index in [1.807, 2.05) is 48.5 Å². The van der Waals surface area contributed by atoms with Gasteiger partial charge in [-0.15, -0.1) is 0 Å². The van der Waals surface area contributed by atoms with E-state index in [4.69, 9.17) is 4.74 Å². The van der Waals surface area contributed by atoms with Gasteiger partial charge in [-0.25, -0.2) is 8.42 Å². The molecule has 7 heteroatoms. The van der Waals surface area contributed by atoms with E-state index in [1.54, 1.807) is 25.1 Å². The molecule has 1 N–H and O–H groups in total. The van der Waals surface area contributed by atoms with Crippen LogP contribution in [0.3, 0.4) is 0 Å². The number of carbonyl (C=O) groups excluding carboxylic acids is 1. The average molecular weight is 449 g/mol.